The minimum absolute atomic E-state index is 0.0121. The number of carboxylic acid groups (broad SMARTS) is 1. The van der Waals surface area contributed by atoms with E-state index in [9.17, 15) is 14.4 Å². The molecule has 0 heterocycles. The van der Waals surface area contributed by atoms with Gasteiger partial charge in [0.2, 0.25) is 5.91 Å². The minimum Gasteiger partial charge on any atom is -0.481 e. The molecule has 1 unspecified atom stereocenters. The largest absolute Gasteiger partial charge is 0.481 e. The van der Waals surface area contributed by atoms with Crippen molar-refractivity contribution >= 4 is 17.9 Å². The van der Waals surface area contributed by atoms with Gasteiger partial charge in [-0.25, -0.2) is 4.79 Å². The molecule has 4 N–H and O–H groups in total. The fourth-order valence-corrected chi connectivity index (χ4v) is 4.46. The molecule has 7 nitrogen and oxygen atoms in total. The highest BCUT2D eigenvalue weighted by atomic mass is 16.4. The van der Waals surface area contributed by atoms with Gasteiger partial charge in [-0.1, -0.05) is 33.6 Å². The lowest BCUT2D eigenvalue weighted by Crippen LogP contribution is -2.56. The molecule has 0 spiro atoms. The number of aliphatic carboxylic acids is 1. The third kappa shape index (κ3) is 8.92. The maximum absolute atomic E-state index is 12.2. The van der Waals surface area contributed by atoms with Gasteiger partial charge in [-0.05, 0) is 62.2 Å². The average Bonchev–Trinajstić information content (AvgIpc) is 3.28. The number of hydrogen-bond acceptors (Lipinski definition) is 3. The standard InChI is InChI=1S/C23H41N3O4/c1-17-13-18(17)14-23(9-8-10-23)26-21(30)25-12-7-5-4-6-11-24-19(27)15-22(2,3)16-20(28)29/h17-18H,4-16H2,1-3H3,(H,24,27)(H,28,29)(H2,25,26,30)/t17-,18?/m0/s1. The van der Waals surface area contributed by atoms with E-state index in [1.54, 1.807) is 13.8 Å². The summed E-state index contributed by atoms with van der Waals surface area (Å²) in [5, 5.41) is 18.0. The van der Waals surface area contributed by atoms with Crippen molar-refractivity contribution in [2.24, 2.45) is 17.3 Å². The Labute approximate surface area is 181 Å². The van der Waals surface area contributed by atoms with Crippen molar-refractivity contribution in [1.29, 1.82) is 0 Å². The Hall–Kier alpha value is -1.79. The Balaban J connectivity index is 1.45. The monoisotopic (exact) mass is 423 g/mol. The van der Waals surface area contributed by atoms with Crippen LogP contribution in [0, 0.1) is 17.3 Å². The van der Waals surface area contributed by atoms with Crippen LogP contribution >= 0.6 is 0 Å². The van der Waals surface area contributed by atoms with Crippen molar-refractivity contribution in [1.82, 2.24) is 16.0 Å². The van der Waals surface area contributed by atoms with Crippen molar-refractivity contribution in [2.45, 2.75) is 96.9 Å². The van der Waals surface area contributed by atoms with Crippen molar-refractivity contribution < 1.29 is 19.5 Å². The van der Waals surface area contributed by atoms with Gasteiger partial charge in [0, 0.05) is 25.0 Å². The number of rotatable bonds is 14. The van der Waals surface area contributed by atoms with E-state index in [0.29, 0.717) is 13.1 Å². The van der Waals surface area contributed by atoms with Crippen molar-refractivity contribution in [3.8, 4) is 0 Å². The zero-order chi connectivity index (χ0) is 22.2. The predicted molar refractivity (Wildman–Crippen MR) is 117 cm³/mol. The molecule has 0 aromatic carbocycles. The summed E-state index contributed by atoms with van der Waals surface area (Å²) in [6.45, 7) is 7.17. The fraction of sp³-hybridized carbons (Fsp3) is 0.870. The molecule has 2 saturated carbocycles. The number of carbonyl (C=O) groups is 3. The quantitative estimate of drug-likeness (QED) is 0.319. The highest BCUT2D eigenvalue weighted by molar-refractivity contribution is 5.77. The first kappa shape index (κ1) is 24.5. The third-order valence-corrected chi connectivity index (χ3v) is 6.60. The van der Waals surface area contributed by atoms with Gasteiger partial charge in [0.1, 0.15) is 0 Å². The van der Waals surface area contributed by atoms with Gasteiger partial charge in [-0.15, -0.1) is 0 Å². The number of unbranched alkanes of at least 4 members (excludes halogenated alkanes) is 3. The Morgan fingerprint density at radius 1 is 1.00 bits per heavy atom. The van der Waals surface area contributed by atoms with E-state index in [1.165, 1.54) is 12.8 Å². The van der Waals surface area contributed by atoms with Gasteiger partial charge in [0.15, 0.2) is 0 Å². The van der Waals surface area contributed by atoms with Crippen molar-refractivity contribution in [3.05, 3.63) is 0 Å². The number of amides is 3. The first-order valence-corrected chi connectivity index (χ1v) is 11.7. The maximum Gasteiger partial charge on any atom is 0.315 e. The van der Waals surface area contributed by atoms with Crippen LogP contribution in [0.2, 0.25) is 0 Å². The maximum atomic E-state index is 12.2. The molecule has 0 bridgehead atoms. The molecule has 0 aromatic rings. The minimum atomic E-state index is -0.879. The molecule has 2 aliphatic rings. The highest BCUT2D eigenvalue weighted by Gasteiger charge is 2.45. The molecule has 2 atom stereocenters. The molecule has 7 heteroatoms. The van der Waals surface area contributed by atoms with Crippen LogP contribution in [0.1, 0.15) is 91.4 Å². The normalized spacial score (nSPS) is 22.0. The second-order valence-corrected chi connectivity index (χ2v) is 10.4. The molecule has 0 aliphatic heterocycles. The van der Waals surface area contributed by atoms with Gasteiger partial charge in [0.25, 0.3) is 0 Å². The smallest absolute Gasteiger partial charge is 0.315 e. The van der Waals surface area contributed by atoms with E-state index >= 15 is 0 Å². The topological polar surface area (TPSA) is 108 Å². The number of carboxylic acids is 1. The van der Waals surface area contributed by atoms with Gasteiger partial charge >= 0.3 is 12.0 Å². The number of nitrogens with one attached hydrogen (secondary N) is 3. The van der Waals surface area contributed by atoms with Crippen LogP contribution in [0.4, 0.5) is 4.79 Å². The summed E-state index contributed by atoms with van der Waals surface area (Å²) in [7, 11) is 0. The first-order valence-electron chi connectivity index (χ1n) is 11.7. The molecular formula is C23H41N3O4. The van der Waals surface area contributed by atoms with Gasteiger partial charge in [0.05, 0.1) is 6.42 Å². The first-order chi connectivity index (χ1) is 14.1. The third-order valence-electron chi connectivity index (χ3n) is 6.60. The molecule has 2 aliphatic carbocycles. The zero-order valence-electron chi connectivity index (χ0n) is 19.0. The molecule has 0 saturated heterocycles. The van der Waals surface area contributed by atoms with Gasteiger partial charge in [-0.2, -0.15) is 0 Å². The number of hydrogen-bond donors (Lipinski definition) is 4. The van der Waals surface area contributed by atoms with Crippen LogP contribution in [0.3, 0.4) is 0 Å². The van der Waals surface area contributed by atoms with Gasteiger partial charge in [-0.3, -0.25) is 9.59 Å². The summed E-state index contributed by atoms with van der Waals surface area (Å²) >= 11 is 0. The summed E-state index contributed by atoms with van der Waals surface area (Å²) in [6.07, 6.45) is 9.92. The van der Waals surface area contributed by atoms with Crippen molar-refractivity contribution in [2.75, 3.05) is 13.1 Å². The Morgan fingerprint density at radius 3 is 2.10 bits per heavy atom. The molecule has 2 rings (SSSR count). The SMILES string of the molecule is C[C@H]1CC1CC1(NC(=O)NCCCCCCNC(=O)CC(C)(C)CC(=O)O)CCC1. The molecule has 172 valence electrons. The van der Waals surface area contributed by atoms with Crippen LogP contribution in [0.25, 0.3) is 0 Å². The fourth-order valence-electron chi connectivity index (χ4n) is 4.46. The highest BCUT2D eigenvalue weighted by Crippen LogP contribution is 2.48. The Kier molecular flexibility index (Phi) is 8.98. The summed E-state index contributed by atoms with van der Waals surface area (Å²) in [6, 6.07) is -0.0285. The van der Waals surface area contributed by atoms with Crippen LogP contribution in [-0.2, 0) is 9.59 Å². The lowest BCUT2D eigenvalue weighted by Gasteiger charge is -2.43. The van der Waals surface area contributed by atoms with Crippen molar-refractivity contribution in [3.63, 3.8) is 0 Å². The van der Waals surface area contributed by atoms with E-state index in [-0.39, 0.29) is 30.3 Å². The molecule has 0 aromatic heterocycles. The second-order valence-electron chi connectivity index (χ2n) is 10.4. The summed E-state index contributed by atoms with van der Waals surface area (Å²) in [5.41, 5.74) is -0.478. The molecule has 2 fully saturated rings. The van der Waals surface area contributed by atoms with Crippen LogP contribution in [-0.4, -0.2) is 41.6 Å². The summed E-state index contributed by atoms with van der Waals surface area (Å²) < 4.78 is 0. The average molecular weight is 424 g/mol. The van der Waals surface area contributed by atoms with Crippen LogP contribution < -0.4 is 16.0 Å². The Bertz CT molecular complexity index is 601. The predicted octanol–water partition coefficient (Wildman–Crippen LogP) is 3.82. The van der Waals surface area contributed by atoms with Crippen LogP contribution in [0.15, 0.2) is 0 Å². The van der Waals surface area contributed by atoms with E-state index in [4.69, 9.17) is 5.11 Å². The van der Waals surface area contributed by atoms with Crippen LogP contribution in [0.5, 0.6) is 0 Å². The van der Waals surface area contributed by atoms with Gasteiger partial charge < -0.3 is 21.1 Å². The molecule has 30 heavy (non-hydrogen) atoms. The lowest BCUT2D eigenvalue weighted by atomic mass is 9.73. The summed E-state index contributed by atoms with van der Waals surface area (Å²) in [5.74, 6) is 0.656. The Morgan fingerprint density at radius 2 is 1.60 bits per heavy atom. The van der Waals surface area contributed by atoms with E-state index in [2.05, 4.69) is 22.9 Å². The molecule has 0 radical (unpaired) electrons. The molecular weight excluding hydrogens is 382 g/mol. The number of carbonyl (C=O) groups excluding carboxylic acids is 2. The lowest BCUT2D eigenvalue weighted by molar-refractivity contribution is -0.139. The second kappa shape index (κ2) is 11.0. The summed E-state index contributed by atoms with van der Waals surface area (Å²) in [4.78, 5) is 34.9. The van der Waals surface area contributed by atoms with E-state index in [1.807, 2.05) is 0 Å². The molecule has 3 amide bonds. The van der Waals surface area contributed by atoms with E-state index in [0.717, 1.165) is 56.8 Å². The van der Waals surface area contributed by atoms with E-state index < -0.39 is 11.4 Å². The zero-order valence-corrected chi connectivity index (χ0v) is 19.0. The number of urea groups is 1.